The Kier molecular flexibility index (Phi) is 3.26. The van der Waals surface area contributed by atoms with Gasteiger partial charge in [0.15, 0.2) is 0 Å². The molecule has 0 saturated heterocycles. The standard InChI is InChI=1S/C11H6F3N3O3/c12-11(13,14)10(18)16-8-1-2-9(17(19)20)6-3-4-15-5-7(6)8/h1-5H,(H,16,18). The molecule has 1 aromatic heterocycles. The van der Waals surface area contributed by atoms with Crippen LogP contribution in [0.5, 0.6) is 0 Å². The van der Waals surface area contributed by atoms with Gasteiger partial charge < -0.3 is 5.32 Å². The number of nitrogens with zero attached hydrogens (tertiary/aromatic N) is 2. The maximum absolute atomic E-state index is 12.2. The summed E-state index contributed by atoms with van der Waals surface area (Å²) in [5.74, 6) is -2.16. The molecule has 0 bridgehead atoms. The number of hydrogen-bond acceptors (Lipinski definition) is 4. The van der Waals surface area contributed by atoms with Crippen molar-refractivity contribution < 1.29 is 22.9 Å². The van der Waals surface area contributed by atoms with E-state index in [4.69, 9.17) is 0 Å². The van der Waals surface area contributed by atoms with Crippen LogP contribution >= 0.6 is 0 Å². The van der Waals surface area contributed by atoms with Crippen LogP contribution in [0, 0.1) is 10.1 Å². The summed E-state index contributed by atoms with van der Waals surface area (Å²) in [6.07, 6.45) is -2.63. The molecule has 0 atom stereocenters. The Bertz CT molecular complexity index is 700. The highest BCUT2D eigenvalue weighted by Crippen LogP contribution is 2.31. The lowest BCUT2D eigenvalue weighted by Crippen LogP contribution is -2.30. The number of alkyl halides is 3. The van der Waals surface area contributed by atoms with Crippen LogP contribution in [0.2, 0.25) is 0 Å². The molecule has 1 amide bonds. The van der Waals surface area contributed by atoms with E-state index in [1.165, 1.54) is 12.3 Å². The molecule has 0 spiro atoms. The van der Waals surface area contributed by atoms with Gasteiger partial charge in [-0.05, 0) is 12.1 Å². The van der Waals surface area contributed by atoms with Gasteiger partial charge >= 0.3 is 12.1 Å². The number of fused-ring (bicyclic) bond motifs is 1. The van der Waals surface area contributed by atoms with Crippen LogP contribution < -0.4 is 5.32 Å². The third-order valence-corrected chi connectivity index (χ3v) is 2.50. The number of hydrogen-bond donors (Lipinski definition) is 1. The predicted octanol–water partition coefficient (Wildman–Crippen LogP) is 2.64. The molecule has 6 nitrogen and oxygen atoms in total. The molecule has 2 aromatic rings. The first-order valence-corrected chi connectivity index (χ1v) is 5.20. The molecule has 0 radical (unpaired) electrons. The summed E-state index contributed by atoms with van der Waals surface area (Å²) in [7, 11) is 0. The van der Waals surface area contributed by atoms with Crippen LogP contribution in [0.25, 0.3) is 10.8 Å². The molecule has 1 aromatic carbocycles. The number of aromatic nitrogens is 1. The van der Waals surface area contributed by atoms with Gasteiger partial charge in [-0.1, -0.05) is 0 Å². The molecule has 2 rings (SSSR count). The molecule has 0 fully saturated rings. The lowest BCUT2D eigenvalue weighted by atomic mass is 10.1. The van der Waals surface area contributed by atoms with Gasteiger partial charge in [-0.3, -0.25) is 19.9 Å². The van der Waals surface area contributed by atoms with Gasteiger partial charge in [0.25, 0.3) is 5.69 Å². The van der Waals surface area contributed by atoms with E-state index < -0.39 is 17.0 Å². The third kappa shape index (κ3) is 2.51. The Labute approximate surface area is 109 Å². The summed E-state index contributed by atoms with van der Waals surface area (Å²) in [6.45, 7) is 0. The first-order chi connectivity index (χ1) is 9.30. The normalized spacial score (nSPS) is 11.3. The van der Waals surface area contributed by atoms with Gasteiger partial charge in [0.05, 0.1) is 16.0 Å². The molecule has 0 aliphatic heterocycles. The highest BCUT2D eigenvalue weighted by molar-refractivity contribution is 6.06. The third-order valence-electron chi connectivity index (χ3n) is 2.50. The number of pyridine rings is 1. The second-order valence-electron chi connectivity index (χ2n) is 3.76. The number of nitro groups is 1. The van der Waals surface area contributed by atoms with E-state index >= 15 is 0 Å². The van der Waals surface area contributed by atoms with Gasteiger partial charge in [-0.15, -0.1) is 0 Å². The van der Waals surface area contributed by atoms with Gasteiger partial charge in [0, 0.05) is 23.8 Å². The van der Waals surface area contributed by atoms with Crippen LogP contribution in [0.1, 0.15) is 0 Å². The molecule has 0 saturated carbocycles. The number of nitro benzene ring substituents is 1. The summed E-state index contributed by atoms with van der Waals surface area (Å²) < 4.78 is 36.6. The lowest BCUT2D eigenvalue weighted by Gasteiger charge is -2.10. The van der Waals surface area contributed by atoms with Crippen molar-refractivity contribution >= 4 is 28.1 Å². The fourth-order valence-electron chi connectivity index (χ4n) is 1.64. The summed E-state index contributed by atoms with van der Waals surface area (Å²) in [4.78, 5) is 24.8. The van der Waals surface area contributed by atoms with Crippen molar-refractivity contribution in [1.82, 2.24) is 4.98 Å². The molecular formula is C11H6F3N3O3. The van der Waals surface area contributed by atoms with E-state index in [0.29, 0.717) is 0 Å². The van der Waals surface area contributed by atoms with Crippen molar-refractivity contribution in [1.29, 1.82) is 0 Å². The SMILES string of the molecule is O=C(Nc1ccc([N+](=O)[O-])c2ccncc12)C(F)(F)F. The van der Waals surface area contributed by atoms with Gasteiger partial charge in [0.1, 0.15) is 0 Å². The Balaban J connectivity index is 2.54. The molecule has 1 heterocycles. The molecular weight excluding hydrogens is 279 g/mol. The smallest absolute Gasteiger partial charge is 0.318 e. The van der Waals surface area contributed by atoms with Gasteiger partial charge in [-0.25, -0.2) is 0 Å². The number of carbonyl (C=O) groups excluding carboxylic acids is 1. The number of anilines is 1. The van der Waals surface area contributed by atoms with Crippen molar-refractivity contribution in [2.45, 2.75) is 6.18 Å². The fourth-order valence-corrected chi connectivity index (χ4v) is 1.64. The molecule has 104 valence electrons. The highest BCUT2D eigenvalue weighted by Gasteiger charge is 2.39. The zero-order chi connectivity index (χ0) is 14.9. The van der Waals surface area contributed by atoms with Crippen molar-refractivity contribution in [2.24, 2.45) is 0 Å². The van der Waals surface area contributed by atoms with Gasteiger partial charge in [0.2, 0.25) is 0 Å². The average molecular weight is 285 g/mol. The number of halogens is 3. The number of benzene rings is 1. The van der Waals surface area contributed by atoms with Crippen LogP contribution in [0.4, 0.5) is 24.5 Å². The second-order valence-corrected chi connectivity index (χ2v) is 3.76. The number of rotatable bonds is 2. The maximum Gasteiger partial charge on any atom is 0.471 e. The predicted molar refractivity (Wildman–Crippen MR) is 63.1 cm³/mol. The van der Waals surface area contributed by atoms with Gasteiger partial charge in [-0.2, -0.15) is 13.2 Å². The Morgan fingerprint density at radius 1 is 1.25 bits per heavy atom. The number of nitrogens with one attached hydrogen (secondary N) is 1. The van der Waals surface area contributed by atoms with E-state index in [2.05, 4.69) is 4.98 Å². The zero-order valence-electron chi connectivity index (χ0n) is 9.64. The van der Waals surface area contributed by atoms with Crippen LogP contribution in [-0.4, -0.2) is 22.0 Å². The summed E-state index contributed by atoms with van der Waals surface area (Å²) in [5, 5.41) is 12.6. The second kappa shape index (κ2) is 4.76. The van der Waals surface area contributed by atoms with E-state index in [0.717, 1.165) is 18.3 Å². The largest absolute Gasteiger partial charge is 0.471 e. The zero-order valence-corrected chi connectivity index (χ0v) is 9.64. The minimum atomic E-state index is -5.05. The van der Waals surface area contributed by atoms with Crippen molar-refractivity contribution in [3.8, 4) is 0 Å². The molecule has 0 aliphatic rings. The number of amides is 1. The molecule has 1 N–H and O–H groups in total. The minimum Gasteiger partial charge on any atom is -0.318 e. The fraction of sp³-hybridized carbons (Fsp3) is 0.0909. The summed E-state index contributed by atoms with van der Waals surface area (Å²) in [5.41, 5.74) is -0.478. The molecule has 0 aliphatic carbocycles. The topological polar surface area (TPSA) is 85.1 Å². The van der Waals surface area contributed by atoms with Crippen LogP contribution in [0.15, 0.2) is 30.6 Å². The van der Waals surface area contributed by atoms with Crippen molar-refractivity contribution in [2.75, 3.05) is 5.32 Å². The Hall–Kier alpha value is -2.71. The minimum absolute atomic E-state index is 0.0549. The average Bonchev–Trinajstić information content (AvgIpc) is 2.37. The van der Waals surface area contributed by atoms with Crippen molar-refractivity contribution in [3.05, 3.63) is 40.7 Å². The quantitative estimate of drug-likeness (QED) is 0.679. The van der Waals surface area contributed by atoms with E-state index in [9.17, 15) is 28.1 Å². The molecule has 9 heteroatoms. The van der Waals surface area contributed by atoms with Crippen LogP contribution in [0.3, 0.4) is 0 Å². The Morgan fingerprint density at radius 2 is 1.95 bits per heavy atom. The van der Waals surface area contributed by atoms with Crippen molar-refractivity contribution in [3.63, 3.8) is 0 Å². The van der Waals surface area contributed by atoms with E-state index in [1.807, 2.05) is 0 Å². The van der Waals surface area contributed by atoms with E-state index in [1.54, 1.807) is 5.32 Å². The first-order valence-electron chi connectivity index (χ1n) is 5.20. The summed E-state index contributed by atoms with van der Waals surface area (Å²) >= 11 is 0. The number of carbonyl (C=O) groups is 1. The molecule has 20 heavy (non-hydrogen) atoms. The first kappa shape index (κ1) is 13.7. The highest BCUT2D eigenvalue weighted by atomic mass is 19.4. The number of non-ortho nitro benzene ring substituents is 1. The molecule has 0 unspecified atom stereocenters. The monoisotopic (exact) mass is 285 g/mol. The Morgan fingerprint density at radius 3 is 2.55 bits per heavy atom. The van der Waals surface area contributed by atoms with Crippen LogP contribution in [-0.2, 0) is 4.79 Å². The summed E-state index contributed by atoms with van der Waals surface area (Å²) in [6, 6.07) is 3.34. The van der Waals surface area contributed by atoms with E-state index in [-0.39, 0.29) is 22.1 Å². The maximum atomic E-state index is 12.2. The lowest BCUT2D eigenvalue weighted by molar-refractivity contribution is -0.383.